The third-order valence-corrected chi connectivity index (χ3v) is 6.86. The first-order chi connectivity index (χ1) is 16.8. The number of ether oxygens (including phenoxy) is 1. The van der Waals surface area contributed by atoms with Crippen molar-refractivity contribution >= 4 is 39.2 Å². The summed E-state index contributed by atoms with van der Waals surface area (Å²) in [6, 6.07) is 16.0. The van der Waals surface area contributed by atoms with Crippen molar-refractivity contribution in [3.05, 3.63) is 87.1 Å². The Morgan fingerprint density at radius 1 is 1.09 bits per heavy atom. The lowest BCUT2D eigenvalue weighted by Crippen LogP contribution is -2.42. The predicted octanol–water partition coefficient (Wildman–Crippen LogP) is 6.21. The highest BCUT2D eigenvalue weighted by Crippen LogP contribution is 2.32. The van der Waals surface area contributed by atoms with Gasteiger partial charge < -0.3 is 9.64 Å². The van der Waals surface area contributed by atoms with Crippen LogP contribution in [-0.4, -0.2) is 42.5 Å². The first kappa shape index (κ1) is 25.3. The van der Waals surface area contributed by atoms with Crippen molar-refractivity contribution in [3.8, 4) is 16.9 Å². The Hall–Kier alpha value is -2.77. The molecule has 2 atom stereocenters. The molecule has 0 aliphatic carbocycles. The van der Waals surface area contributed by atoms with Crippen molar-refractivity contribution < 1.29 is 23.1 Å². The van der Waals surface area contributed by atoms with Gasteiger partial charge >= 0.3 is 0 Å². The van der Waals surface area contributed by atoms with E-state index in [1.54, 1.807) is 54.6 Å². The molecule has 1 fully saturated rings. The van der Waals surface area contributed by atoms with Crippen molar-refractivity contribution in [1.82, 2.24) is 4.90 Å². The third-order valence-electron chi connectivity index (χ3n) is 6.07. The quantitative estimate of drug-likeness (QED) is 0.344. The average molecular weight is 563 g/mol. The number of nitrogens with zero attached hydrogens (tertiary/aromatic N) is 1. The van der Waals surface area contributed by atoms with E-state index in [0.717, 1.165) is 4.47 Å². The van der Waals surface area contributed by atoms with Crippen LogP contribution in [0.5, 0.6) is 5.75 Å². The van der Waals surface area contributed by atoms with Crippen LogP contribution in [0.15, 0.2) is 65.1 Å². The number of hydrogen-bond acceptors (Lipinski definition) is 3. The Kier molecular flexibility index (Phi) is 7.87. The Balaban J connectivity index is 1.53. The minimum Gasteiger partial charge on any atom is -0.497 e. The highest BCUT2D eigenvalue weighted by atomic mass is 79.9. The molecule has 0 radical (unpaired) electrons. The second-order valence-corrected chi connectivity index (χ2v) is 9.80. The third kappa shape index (κ3) is 5.73. The van der Waals surface area contributed by atoms with Crippen LogP contribution >= 0.6 is 27.5 Å². The topological polar surface area (TPSA) is 46.6 Å². The standard InChI is InChI=1S/C27H23BrClF2NO3/c1-35-20-10-16(9-18(28)13-20)11-26(34)32-15-19(30)14-24(32)25(33)12-17-5-4-7-22(27(17)31)21-6-2-3-8-23(21)29/h2-10,13,19,24H,11-12,14-15H2,1H3/t19-,24+/m1/s1. The number of halogens is 4. The van der Waals surface area contributed by atoms with Crippen molar-refractivity contribution in [3.63, 3.8) is 0 Å². The molecule has 3 aromatic rings. The molecule has 1 saturated heterocycles. The molecule has 0 bridgehead atoms. The van der Waals surface area contributed by atoms with Crippen molar-refractivity contribution in [2.45, 2.75) is 31.5 Å². The molecule has 0 unspecified atom stereocenters. The van der Waals surface area contributed by atoms with E-state index in [0.29, 0.717) is 21.9 Å². The molecule has 4 rings (SSSR count). The van der Waals surface area contributed by atoms with Gasteiger partial charge in [0.15, 0.2) is 5.78 Å². The average Bonchev–Trinajstić information content (AvgIpc) is 3.22. The fourth-order valence-corrected chi connectivity index (χ4v) is 5.15. The maximum Gasteiger partial charge on any atom is 0.227 e. The van der Waals surface area contributed by atoms with Gasteiger partial charge in [-0.2, -0.15) is 0 Å². The van der Waals surface area contributed by atoms with Crippen molar-refractivity contribution in [2.24, 2.45) is 0 Å². The van der Waals surface area contributed by atoms with Crippen LogP contribution in [0.2, 0.25) is 5.02 Å². The summed E-state index contributed by atoms with van der Waals surface area (Å²) in [6.07, 6.45) is -1.68. The van der Waals surface area contributed by atoms with Crippen LogP contribution in [0.1, 0.15) is 17.5 Å². The normalized spacial score (nSPS) is 17.5. The minimum absolute atomic E-state index is 0.0113. The molecule has 8 heteroatoms. The van der Waals surface area contributed by atoms with Gasteiger partial charge in [0.2, 0.25) is 5.91 Å². The van der Waals surface area contributed by atoms with Gasteiger partial charge in [-0.3, -0.25) is 9.59 Å². The number of ketones is 1. The molecular weight excluding hydrogens is 540 g/mol. The summed E-state index contributed by atoms with van der Waals surface area (Å²) < 4.78 is 35.7. The van der Waals surface area contributed by atoms with Crippen molar-refractivity contribution in [2.75, 3.05) is 13.7 Å². The Morgan fingerprint density at radius 2 is 1.83 bits per heavy atom. The number of carbonyl (C=O) groups excluding carboxylic acids is 2. The van der Waals surface area contributed by atoms with E-state index in [1.807, 2.05) is 0 Å². The van der Waals surface area contributed by atoms with Crippen LogP contribution in [0.3, 0.4) is 0 Å². The van der Waals surface area contributed by atoms with E-state index in [-0.39, 0.29) is 42.8 Å². The number of rotatable bonds is 7. The molecule has 0 saturated carbocycles. The number of likely N-dealkylation sites (tertiary alicyclic amines) is 1. The van der Waals surface area contributed by atoms with Crippen LogP contribution in [0.25, 0.3) is 11.1 Å². The lowest BCUT2D eigenvalue weighted by atomic mass is 9.96. The van der Waals surface area contributed by atoms with Gasteiger partial charge in [0, 0.05) is 33.5 Å². The maximum atomic E-state index is 15.3. The molecule has 0 aromatic heterocycles. The molecule has 0 spiro atoms. The van der Waals surface area contributed by atoms with Gasteiger partial charge in [-0.1, -0.05) is 63.9 Å². The summed E-state index contributed by atoms with van der Waals surface area (Å²) in [5.41, 5.74) is 1.66. The van der Waals surface area contributed by atoms with E-state index in [9.17, 15) is 14.0 Å². The van der Waals surface area contributed by atoms with E-state index in [4.69, 9.17) is 16.3 Å². The van der Waals surface area contributed by atoms with Crippen molar-refractivity contribution in [1.29, 1.82) is 0 Å². The molecular formula is C27H23BrClF2NO3. The van der Waals surface area contributed by atoms with Gasteiger partial charge in [-0.15, -0.1) is 0 Å². The predicted molar refractivity (Wildman–Crippen MR) is 135 cm³/mol. The van der Waals surface area contributed by atoms with E-state index in [1.165, 1.54) is 18.1 Å². The Labute approximate surface area is 216 Å². The van der Waals surface area contributed by atoms with Crippen LogP contribution in [0.4, 0.5) is 8.78 Å². The number of amides is 1. The smallest absolute Gasteiger partial charge is 0.227 e. The second-order valence-electron chi connectivity index (χ2n) is 8.47. The van der Waals surface area contributed by atoms with Crippen LogP contribution in [0, 0.1) is 5.82 Å². The number of carbonyl (C=O) groups is 2. The summed E-state index contributed by atoms with van der Waals surface area (Å²) >= 11 is 9.61. The van der Waals surface area contributed by atoms with Gasteiger partial charge in [-0.25, -0.2) is 8.78 Å². The molecule has 0 N–H and O–H groups in total. The summed E-state index contributed by atoms with van der Waals surface area (Å²) in [4.78, 5) is 27.5. The Morgan fingerprint density at radius 3 is 2.57 bits per heavy atom. The lowest BCUT2D eigenvalue weighted by molar-refractivity contribution is -0.136. The molecule has 182 valence electrons. The zero-order chi connectivity index (χ0) is 25.1. The number of hydrogen-bond donors (Lipinski definition) is 0. The lowest BCUT2D eigenvalue weighted by Gasteiger charge is -2.24. The van der Waals surface area contributed by atoms with E-state index >= 15 is 4.39 Å². The summed E-state index contributed by atoms with van der Waals surface area (Å²) in [5.74, 6) is -0.745. The molecule has 35 heavy (non-hydrogen) atoms. The fraction of sp³-hybridized carbons (Fsp3) is 0.259. The molecule has 1 aliphatic rings. The molecule has 1 aliphatic heterocycles. The van der Waals surface area contributed by atoms with Gasteiger partial charge in [0.25, 0.3) is 0 Å². The highest BCUT2D eigenvalue weighted by molar-refractivity contribution is 9.10. The molecule has 3 aromatic carbocycles. The maximum absolute atomic E-state index is 15.3. The number of methoxy groups -OCH3 is 1. The van der Waals surface area contributed by atoms with E-state index < -0.39 is 23.8 Å². The largest absolute Gasteiger partial charge is 0.497 e. The molecule has 4 nitrogen and oxygen atoms in total. The molecule has 1 heterocycles. The first-order valence-electron chi connectivity index (χ1n) is 11.1. The number of alkyl halides is 1. The van der Waals surface area contributed by atoms with Crippen LogP contribution < -0.4 is 4.74 Å². The highest BCUT2D eigenvalue weighted by Gasteiger charge is 2.39. The summed E-state index contributed by atoms with van der Waals surface area (Å²) in [5, 5.41) is 0.395. The van der Waals surface area contributed by atoms with Gasteiger partial charge in [0.1, 0.15) is 17.7 Å². The monoisotopic (exact) mass is 561 g/mol. The summed E-state index contributed by atoms with van der Waals surface area (Å²) in [6.45, 7) is -0.164. The zero-order valence-electron chi connectivity index (χ0n) is 18.9. The number of benzene rings is 3. The molecule has 1 amide bonds. The van der Waals surface area contributed by atoms with Crippen LogP contribution in [-0.2, 0) is 22.4 Å². The van der Waals surface area contributed by atoms with Gasteiger partial charge in [-0.05, 0) is 35.4 Å². The zero-order valence-corrected chi connectivity index (χ0v) is 21.3. The first-order valence-corrected chi connectivity index (χ1v) is 12.3. The minimum atomic E-state index is -1.32. The SMILES string of the molecule is COc1cc(Br)cc(CC(=O)N2C[C@H](F)C[C@H]2C(=O)Cc2cccc(-c3ccccc3Cl)c2F)c1. The summed E-state index contributed by atoms with van der Waals surface area (Å²) in [7, 11) is 1.52. The fourth-order valence-electron chi connectivity index (χ4n) is 4.39. The van der Waals surface area contributed by atoms with Gasteiger partial charge in [0.05, 0.1) is 26.1 Å². The van der Waals surface area contributed by atoms with E-state index in [2.05, 4.69) is 15.9 Å². The number of Topliss-reactive ketones (excluding diaryl/α,β-unsaturated/α-hetero) is 1. The second kappa shape index (κ2) is 10.9. The Bertz CT molecular complexity index is 1270.